The van der Waals surface area contributed by atoms with Crippen molar-refractivity contribution in [1.29, 1.82) is 0 Å². The second-order valence-electron chi connectivity index (χ2n) is 5.48. The average molecular weight is 374 g/mol. The topological polar surface area (TPSA) is 59.3 Å². The highest BCUT2D eigenvalue weighted by Gasteiger charge is 2.12. The van der Waals surface area contributed by atoms with Gasteiger partial charge in [-0.05, 0) is 29.3 Å². The van der Waals surface area contributed by atoms with Crippen molar-refractivity contribution in [3.8, 4) is 0 Å². The molecule has 1 N–H and O–H groups in total. The number of carboxylic acid groups (broad SMARTS) is 1. The van der Waals surface area contributed by atoms with Crippen LogP contribution in [0.5, 0.6) is 0 Å². The molecule has 6 heteroatoms. The van der Waals surface area contributed by atoms with Gasteiger partial charge in [0, 0.05) is 39.8 Å². The Hall–Kier alpha value is -2.56. The normalized spacial score (nSPS) is 11.3. The van der Waals surface area contributed by atoms with E-state index in [0.717, 1.165) is 28.8 Å². The van der Waals surface area contributed by atoms with Crippen molar-refractivity contribution in [1.82, 2.24) is 4.57 Å². The van der Waals surface area contributed by atoms with Crippen LogP contribution in [0, 0.1) is 0 Å². The summed E-state index contributed by atoms with van der Waals surface area (Å²) in [4.78, 5) is 22.2. The molecule has 0 saturated heterocycles. The van der Waals surface area contributed by atoms with Crippen LogP contribution in [0.4, 0.5) is 0 Å². The molecule has 4 nitrogen and oxygen atoms in total. The Bertz CT molecular complexity index is 1010. The highest BCUT2D eigenvalue weighted by atomic mass is 35.5. The summed E-state index contributed by atoms with van der Waals surface area (Å²) in [6.45, 7) is 0.429. The summed E-state index contributed by atoms with van der Waals surface area (Å²) in [7, 11) is 0. The van der Waals surface area contributed by atoms with Crippen molar-refractivity contribution in [3.63, 3.8) is 0 Å². The molecule has 3 aromatic rings. The summed E-state index contributed by atoms with van der Waals surface area (Å²) < 4.78 is 1.88. The molecular formula is C19H13Cl2NO3. The maximum Gasteiger partial charge on any atom is 0.328 e. The van der Waals surface area contributed by atoms with Crippen LogP contribution in [0.2, 0.25) is 10.0 Å². The van der Waals surface area contributed by atoms with Crippen molar-refractivity contribution in [2.24, 2.45) is 0 Å². The van der Waals surface area contributed by atoms with E-state index in [0.29, 0.717) is 27.7 Å². The number of fused-ring (bicyclic) bond motifs is 1. The molecule has 0 unspecified atom stereocenters. The van der Waals surface area contributed by atoms with Crippen LogP contribution in [-0.4, -0.2) is 21.9 Å². The van der Waals surface area contributed by atoms with Gasteiger partial charge in [0.1, 0.15) is 0 Å². The van der Waals surface area contributed by atoms with Gasteiger partial charge in [-0.15, -0.1) is 0 Å². The van der Waals surface area contributed by atoms with E-state index in [1.54, 1.807) is 30.5 Å². The molecule has 0 atom stereocenters. The van der Waals surface area contributed by atoms with Crippen molar-refractivity contribution < 1.29 is 14.7 Å². The highest BCUT2D eigenvalue weighted by molar-refractivity contribution is 6.35. The first-order valence-electron chi connectivity index (χ1n) is 7.41. The Labute approximate surface area is 153 Å². The van der Waals surface area contributed by atoms with Gasteiger partial charge in [0.2, 0.25) is 0 Å². The molecule has 0 bridgehead atoms. The fraction of sp³-hybridized carbons (Fsp3) is 0.0526. The number of carboxylic acids is 1. The van der Waals surface area contributed by atoms with E-state index >= 15 is 0 Å². The minimum absolute atomic E-state index is 0.429. The zero-order valence-electron chi connectivity index (χ0n) is 12.9. The van der Waals surface area contributed by atoms with E-state index in [4.69, 9.17) is 28.3 Å². The summed E-state index contributed by atoms with van der Waals surface area (Å²) >= 11 is 12.2. The number of halogens is 2. The van der Waals surface area contributed by atoms with Gasteiger partial charge in [-0.1, -0.05) is 47.5 Å². The zero-order valence-corrected chi connectivity index (χ0v) is 14.5. The Kier molecular flexibility index (Phi) is 4.93. The monoisotopic (exact) mass is 373 g/mol. The van der Waals surface area contributed by atoms with Crippen LogP contribution in [0.1, 0.15) is 21.5 Å². The van der Waals surface area contributed by atoms with Crippen LogP contribution in [0.15, 0.2) is 48.7 Å². The molecule has 0 amide bonds. The van der Waals surface area contributed by atoms with Gasteiger partial charge in [-0.2, -0.15) is 0 Å². The molecule has 0 saturated carbocycles. The predicted octanol–water partition coefficient (Wildman–Crippen LogP) is 4.91. The largest absolute Gasteiger partial charge is 0.478 e. The summed E-state index contributed by atoms with van der Waals surface area (Å²) in [5, 5.41) is 10.7. The molecule has 3 rings (SSSR count). The highest BCUT2D eigenvalue weighted by Crippen LogP contribution is 2.28. The summed E-state index contributed by atoms with van der Waals surface area (Å²) in [6.07, 6.45) is 5.11. The number of hydrogen-bond acceptors (Lipinski definition) is 2. The first kappa shape index (κ1) is 17.3. The molecule has 1 aromatic heterocycles. The predicted molar refractivity (Wildman–Crippen MR) is 99.6 cm³/mol. The maximum absolute atomic E-state index is 11.4. The molecule has 25 heavy (non-hydrogen) atoms. The molecular weight excluding hydrogens is 361 g/mol. The van der Waals surface area contributed by atoms with E-state index < -0.39 is 5.97 Å². The van der Waals surface area contributed by atoms with E-state index in [2.05, 4.69) is 0 Å². The number of carbonyl (C=O) groups excluding carboxylic acids is 1. The van der Waals surface area contributed by atoms with Crippen LogP contribution >= 0.6 is 23.2 Å². The molecule has 0 spiro atoms. The number of nitrogens with zero attached hydrogens (tertiary/aromatic N) is 1. The Morgan fingerprint density at radius 1 is 1.16 bits per heavy atom. The fourth-order valence-electron chi connectivity index (χ4n) is 2.76. The SMILES string of the molecule is O=Cc1cn(Cc2ccc(Cl)cc2Cl)c2c(/C=C/C(=O)O)cccc12. The number of benzene rings is 2. The van der Waals surface area contributed by atoms with Gasteiger partial charge in [-0.25, -0.2) is 4.79 Å². The lowest BCUT2D eigenvalue weighted by atomic mass is 10.1. The van der Waals surface area contributed by atoms with Crippen molar-refractivity contribution in [2.75, 3.05) is 0 Å². The standard InChI is InChI=1S/C19H13Cl2NO3/c20-15-6-4-13(17(21)8-15)9-22-10-14(11-23)16-3-1-2-12(19(16)22)5-7-18(24)25/h1-8,10-11H,9H2,(H,24,25)/b7-5+. The molecule has 1 heterocycles. The number of aldehydes is 1. The van der Waals surface area contributed by atoms with Gasteiger partial charge < -0.3 is 9.67 Å². The molecule has 0 aliphatic rings. The second kappa shape index (κ2) is 7.13. The van der Waals surface area contributed by atoms with E-state index in [9.17, 15) is 9.59 Å². The van der Waals surface area contributed by atoms with E-state index in [1.165, 1.54) is 6.08 Å². The molecule has 0 aliphatic carbocycles. The Morgan fingerprint density at radius 2 is 1.96 bits per heavy atom. The molecule has 126 valence electrons. The summed E-state index contributed by atoms with van der Waals surface area (Å²) in [6, 6.07) is 10.7. The first-order chi connectivity index (χ1) is 12.0. The number of carbonyl (C=O) groups is 2. The minimum atomic E-state index is -1.04. The number of rotatable bonds is 5. The second-order valence-corrected chi connectivity index (χ2v) is 6.32. The van der Waals surface area contributed by atoms with Crippen LogP contribution in [0.25, 0.3) is 17.0 Å². The molecule has 0 aliphatic heterocycles. The first-order valence-corrected chi connectivity index (χ1v) is 8.17. The number of aromatic nitrogens is 1. The smallest absolute Gasteiger partial charge is 0.328 e. The molecule has 0 fully saturated rings. The van der Waals surface area contributed by atoms with Gasteiger partial charge in [0.05, 0.1) is 5.52 Å². The van der Waals surface area contributed by atoms with Crippen molar-refractivity contribution in [2.45, 2.75) is 6.54 Å². The summed E-state index contributed by atoms with van der Waals surface area (Å²) in [5.74, 6) is -1.04. The average Bonchev–Trinajstić information content (AvgIpc) is 2.94. The van der Waals surface area contributed by atoms with Crippen LogP contribution in [-0.2, 0) is 11.3 Å². The lowest BCUT2D eigenvalue weighted by Crippen LogP contribution is -2.00. The number of para-hydroxylation sites is 1. The number of hydrogen-bond donors (Lipinski definition) is 1. The Morgan fingerprint density at radius 3 is 2.64 bits per heavy atom. The van der Waals surface area contributed by atoms with Gasteiger partial charge in [0.25, 0.3) is 0 Å². The summed E-state index contributed by atoms with van der Waals surface area (Å²) in [5.41, 5.74) is 2.86. The third-order valence-electron chi connectivity index (χ3n) is 3.85. The lowest BCUT2D eigenvalue weighted by Gasteiger charge is -2.10. The molecule has 2 aromatic carbocycles. The van der Waals surface area contributed by atoms with Crippen molar-refractivity contribution in [3.05, 3.63) is 75.4 Å². The van der Waals surface area contributed by atoms with Gasteiger partial charge >= 0.3 is 5.97 Å². The van der Waals surface area contributed by atoms with Gasteiger partial charge in [-0.3, -0.25) is 4.79 Å². The third-order valence-corrected chi connectivity index (χ3v) is 4.44. The third kappa shape index (κ3) is 3.60. The van der Waals surface area contributed by atoms with Crippen molar-refractivity contribution >= 4 is 52.4 Å². The molecule has 0 radical (unpaired) electrons. The lowest BCUT2D eigenvalue weighted by molar-refractivity contribution is -0.131. The van der Waals surface area contributed by atoms with Gasteiger partial charge in [0.15, 0.2) is 6.29 Å². The Balaban J connectivity index is 2.16. The van der Waals surface area contributed by atoms with E-state index in [-0.39, 0.29) is 0 Å². The minimum Gasteiger partial charge on any atom is -0.478 e. The van der Waals surface area contributed by atoms with Crippen LogP contribution in [0.3, 0.4) is 0 Å². The van der Waals surface area contributed by atoms with Crippen LogP contribution < -0.4 is 0 Å². The van der Waals surface area contributed by atoms with E-state index in [1.807, 2.05) is 16.7 Å². The quantitative estimate of drug-likeness (QED) is 0.510. The number of aliphatic carboxylic acids is 1. The maximum atomic E-state index is 11.4. The fourth-order valence-corrected chi connectivity index (χ4v) is 3.23. The zero-order chi connectivity index (χ0) is 18.0.